The first-order chi connectivity index (χ1) is 15.4. The maximum absolute atomic E-state index is 12.6. The van der Waals surface area contributed by atoms with Crippen LogP contribution >= 0.6 is 19.3 Å². The summed E-state index contributed by atoms with van der Waals surface area (Å²) < 4.78 is 37.1. The molecule has 3 aromatic rings. The Morgan fingerprint density at radius 3 is 2.28 bits per heavy atom. The highest BCUT2D eigenvalue weighted by Gasteiger charge is 2.34. The average Bonchev–Trinajstić information content (AvgIpc) is 3.26. The lowest BCUT2D eigenvalue weighted by molar-refractivity contribution is 0.203. The third kappa shape index (κ3) is 4.16. The molecule has 1 fully saturated rings. The molecule has 0 spiro atoms. The van der Waals surface area contributed by atoms with E-state index >= 15 is 0 Å². The van der Waals surface area contributed by atoms with Crippen molar-refractivity contribution in [1.82, 2.24) is 19.0 Å². The van der Waals surface area contributed by atoms with E-state index in [0.717, 1.165) is 11.4 Å². The molecule has 0 atom stereocenters. The molecule has 172 valence electrons. The summed E-state index contributed by atoms with van der Waals surface area (Å²) in [6, 6.07) is 5.43. The molecule has 0 bridgehead atoms. The second-order valence-electron chi connectivity index (χ2n) is 7.08. The highest BCUT2D eigenvalue weighted by atomic mass is 35.5. The van der Waals surface area contributed by atoms with Gasteiger partial charge in [0, 0.05) is 64.4 Å². The van der Waals surface area contributed by atoms with E-state index in [0.29, 0.717) is 54.2 Å². The third-order valence-electron chi connectivity index (χ3n) is 5.45. The lowest BCUT2D eigenvalue weighted by Crippen LogP contribution is -2.45. The minimum atomic E-state index is -3.22. The van der Waals surface area contributed by atoms with Gasteiger partial charge in [-0.2, -0.15) is 4.98 Å². The molecule has 0 radical (unpaired) electrons. The molecule has 32 heavy (non-hydrogen) atoms. The number of aromatic nitrogens is 3. The molecular formula is C20H25ClN5O5P. The SMILES string of the molecule is COc1cc(OC)c(-c2cn3ccc(N4CCN(P(=O)(OC)OC)CC4)nc3n2)cc1Cl. The smallest absolute Gasteiger partial charge is 0.407 e. The molecule has 0 saturated carbocycles. The Balaban J connectivity index is 1.59. The number of benzene rings is 1. The van der Waals surface area contributed by atoms with E-state index in [1.807, 2.05) is 22.9 Å². The molecule has 12 heteroatoms. The van der Waals surface area contributed by atoms with Gasteiger partial charge in [0.2, 0.25) is 5.78 Å². The topological polar surface area (TPSA) is 90.7 Å². The Morgan fingerprint density at radius 1 is 0.969 bits per heavy atom. The standard InChI is InChI=1S/C20H25ClN5O5P/c1-28-17-12-18(29-2)15(21)11-14(17)16-13-25-6-5-19(23-20(25)22-16)24-7-9-26(10-8-24)32(27,30-3)31-4/h5-6,11-13H,7-10H2,1-4H3. The third-order valence-corrected chi connectivity index (χ3v) is 7.76. The number of methoxy groups -OCH3 is 2. The van der Waals surface area contributed by atoms with E-state index in [4.69, 9.17) is 35.1 Å². The summed E-state index contributed by atoms with van der Waals surface area (Å²) in [5.41, 5.74) is 1.43. The fourth-order valence-corrected chi connectivity index (χ4v) is 5.23. The largest absolute Gasteiger partial charge is 0.496 e. The molecule has 1 aliphatic heterocycles. The minimum Gasteiger partial charge on any atom is -0.496 e. The Kier molecular flexibility index (Phi) is 6.60. The van der Waals surface area contributed by atoms with E-state index < -0.39 is 7.75 Å². The van der Waals surface area contributed by atoms with Gasteiger partial charge in [-0.25, -0.2) is 14.2 Å². The maximum Gasteiger partial charge on any atom is 0.407 e. The first-order valence-corrected chi connectivity index (χ1v) is 11.8. The van der Waals surface area contributed by atoms with Crippen LogP contribution in [0.25, 0.3) is 17.0 Å². The second-order valence-corrected chi connectivity index (χ2v) is 9.72. The maximum atomic E-state index is 12.6. The van der Waals surface area contributed by atoms with Gasteiger partial charge in [-0.3, -0.25) is 13.4 Å². The van der Waals surface area contributed by atoms with Crippen molar-refractivity contribution in [1.29, 1.82) is 0 Å². The van der Waals surface area contributed by atoms with E-state index in [2.05, 4.69) is 9.88 Å². The van der Waals surface area contributed by atoms with Gasteiger partial charge in [0.25, 0.3) is 0 Å². The average molecular weight is 482 g/mol. The van der Waals surface area contributed by atoms with Crippen LogP contribution in [0.1, 0.15) is 0 Å². The lowest BCUT2D eigenvalue weighted by Gasteiger charge is -2.37. The van der Waals surface area contributed by atoms with Crippen LogP contribution in [-0.2, 0) is 13.6 Å². The fraction of sp³-hybridized carbons (Fsp3) is 0.400. The number of imidazole rings is 1. The lowest BCUT2D eigenvalue weighted by atomic mass is 10.1. The van der Waals surface area contributed by atoms with Gasteiger partial charge in [-0.1, -0.05) is 11.6 Å². The van der Waals surface area contributed by atoms with E-state index in [-0.39, 0.29) is 0 Å². The van der Waals surface area contributed by atoms with E-state index in [1.165, 1.54) is 14.2 Å². The summed E-state index contributed by atoms with van der Waals surface area (Å²) in [7, 11) is 2.71. The summed E-state index contributed by atoms with van der Waals surface area (Å²) in [6.07, 6.45) is 3.78. The summed E-state index contributed by atoms with van der Waals surface area (Å²) in [5, 5.41) is 0.469. The summed E-state index contributed by atoms with van der Waals surface area (Å²) >= 11 is 6.32. The van der Waals surface area contributed by atoms with Crippen LogP contribution in [0.5, 0.6) is 11.5 Å². The molecule has 0 aliphatic carbocycles. The highest BCUT2D eigenvalue weighted by Crippen LogP contribution is 2.50. The number of hydrogen-bond donors (Lipinski definition) is 0. The van der Waals surface area contributed by atoms with Crippen LogP contribution < -0.4 is 14.4 Å². The van der Waals surface area contributed by atoms with Crippen LogP contribution in [-0.4, -0.2) is 73.7 Å². The second kappa shape index (κ2) is 9.25. The number of anilines is 1. The zero-order chi connectivity index (χ0) is 22.9. The van der Waals surface area contributed by atoms with Gasteiger partial charge in [0.1, 0.15) is 17.3 Å². The van der Waals surface area contributed by atoms with Gasteiger partial charge in [-0.05, 0) is 12.1 Å². The fourth-order valence-electron chi connectivity index (χ4n) is 3.70. The molecule has 3 heterocycles. The number of hydrogen-bond acceptors (Lipinski definition) is 8. The van der Waals surface area contributed by atoms with Crippen molar-refractivity contribution in [3.8, 4) is 22.8 Å². The van der Waals surface area contributed by atoms with Crippen molar-refractivity contribution in [3.05, 3.63) is 35.6 Å². The van der Waals surface area contributed by atoms with Crippen molar-refractivity contribution >= 4 is 30.9 Å². The highest BCUT2D eigenvalue weighted by molar-refractivity contribution is 7.51. The monoisotopic (exact) mass is 481 g/mol. The molecule has 1 aromatic carbocycles. The number of ether oxygens (including phenoxy) is 2. The van der Waals surface area contributed by atoms with E-state index in [9.17, 15) is 4.57 Å². The van der Waals surface area contributed by atoms with Crippen LogP contribution in [0.2, 0.25) is 5.02 Å². The van der Waals surface area contributed by atoms with E-state index in [1.54, 1.807) is 31.0 Å². The summed E-state index contributed by atoms with van der Waals surface area (Å²) in [6.45, 7) is 2.34. The summed E-state index contributed by atoms with van der Waals surface area (Å²) in [5.74, 6) is 2.47. The van der Waals surface area contributed by atoms with Gasteiger partial charge >= 0.3 is 7.75 Å². The minimum absolute atomic E-state index is 0.469. The zero-order valence-electron chi connectivity index (χ0n) is 18.3. The predicted molar refractivity (Wildman–Crippen MR) is 122 cm³/mol. The van der Waals surface area contributed by atoms with Crippen LogP contribution in [0, 0.1) is 0 Å². The Morgan fingerprint density at radius 2 is 1.66 bits per heavy atom. The van der Waals surface area contributed by atoms with Crippen molar-refractivity contribution < 1.29 is 23.1 Å². The van der Waals surface area contributed by atoms with Crippen LogP contribution in [0.4, 0.5) is 5.82 Å². The molecule has 10 nitrogen and oxygen atoms in total. The van der Waals surface area contributed by atoms with Gasteiger partial charge in [0.15, 0.2) is 0 Å². The molecule has 0 amide bonds. The number of fused-ring (bicyclic) bond motifs is 1. The molecule has 2 aromatic heterocycles. The summed E-state index contributed by atoms with van der Waals surface area (Å²) in [4.78, 5) is 11.5. The number of halogens is 1. The quantitative estimate of drug-likeness (QED) is 0.469. The molecule has 4 rings (SSSR count). The Labute approximate surface area is 191 Å². The first kappa shape index (κ1) is 22.8. The van der Waals surface area contributed by atoms with Gasteiger partial charge in [0.05, 0.1) is 24.9 Å². The van der Waals surface area contributed by atoms with Gasteiger partial charge in [-0.15, -0.1) is 0 Å². The molecule has 1 aliphatic rings. The molecule has 0 N–H and O–H groups in total. The van der Waals surface area contributed by atoms with Gasteiger partial charge < -0.3 is 14.4 Å². The Bertz CT molecular complexity index is 1160. The van der Waals surface area contributed by atoms with Crippen molar-refractivity contribution in [3.63, 3.8) is 0 Å². The number of rotatable bonds is 7. The molecule has 1 saturated heterocycles. The molecular weight excluding hydrogens is 457 g/mol. The Hall–Kier alpha value is -2.36. The number of nitrogens with zero attached hydrogens (tertiary/aromatic N) is 5. The van der Waals surface area contributed by atoms with Crippen molar-refractivity contribution in [2.75, 3.05) is 59.5 Å². The molecule has 0 unspecified atom stereocenters. The van der Waals surface area contributed by atoms with Crippen molar-refractivity contribution in [2.24, 2.45) is 0 Å². The zero-order valence-corrected chi connectivity index (χ0v) is 20.0. The van der Waals surface area contributed by atoms with Crippen molar-refractivity contribution in [2.45, 2.75) is 0 Å². The van der Waals surface area contributed by atoms with Crippen LogP contribution in [0.15, 0.2) is 30.6 Å². The number of piperazine rings is 1. The predicted octanol–water partition coefficient (Wildman–Crippen LogP) is 3.59. The first-order valence-electron chi connectivity index (χ1n) is 9.92. The normalized spacial score (nSPS) is 15.3. The van der Waals surface area contributed by atoms with Crippen LogP contribution in [0.3, 0.4) is 0 Å².